The van der Waals surface area contributed by atoms with Gasteiger partial charge in [-0.25, -0.2) is 0 Å². The van der Waals surface area contributed by atoms with E-state index in [1.54, 1.807) is 0 Å². The Labute approximate surface area is 73.4 Å². The first kappa shape index (κ1) is 13.6. The van der Waals surface area contributed by atoms with Crippen molar-refractivity contribution in [2.45, 2.75) is 61.3 Å². The molecule has 0 fully saturated rings. The molecule has 70 valence electrons. The van der Waals surface area contributed by atoms with Gasteiger partial charge in [-0.05, 0) is 17.8 Å². The van der Waals surface area contributed by atoms with E-state index >= 15 is 0 Å². The molecule has 0 bridgehead atoms. The van der Waals surface area contributed by atoms with Crippen LogP contribution in [0.25, 0.3) is 0 Å². The molecule has 0 N–H and O–H groups in total. The second-order valence-electron chi connectivity index (χ2n) is 4.28. The fourth-order valence-electron chi connectivity index (χ4n) is 1.19. The zero-order chi connectivity index (χ0) is 9.49. The van der Waals surface area contributed by atoms with E-state index in [2.05, 4.69) is 34.6 Å². The predicted molar refractivity (Wildman–Crippen MR) is 54.9 cm³/mol. The van der Waals surface area contributed by atoms with Crippen LogP contribution in [-0.4, -0.2) is 0 Å². The van der Waals surface area contributed by atoms with E-state index in [1.165, 1.54) is 12.8 Å². The topological polar surface area (TPSA) is 0 Å². The van der Waals surface area contributed by atoms with Crippen molar-refractivity contribution in [3.63, 3.8) is 0 Å². The van der Waals surface area contributed by atoms with Gasteiger partial charge in [-0.1, -0.05) is 54.9 Å². The number of hydrogen-bond acceptors (Lipinski definition) is 0. The SMILES string of the molecule is CC.CCC(C)CC(C)(C)C. The fourth-order valence-corrected chi connectivity index (χ4v) is 1.19. The molecule has 0 aromatic carbocycles. The maximum absolute atomic E-state index is 2.32. The van der Waals surface area contributed by atoms with Crippen molar-refractivity contribution in [2.75, 3.05) is 0 Å². The van der Waals surface area contributed by atoms with Crippen LogP contribution in [-0.2, 0) is 0 Å². The molecule has 0 amide bonds. The van der Waals surface area contributed by atoms with Gasteiger partial charge >= 0.3 is 0 Å². The zero-order valence-corrected chi connectivity index (χ0v) is 9.49. The van der Waals surface area contributed by atoms with Gasteiger partial charge in [-0.3, -0.25) is 0 Å². The van der Waals surface area contributed by atoms with Crippen LogP contribution in [0, 0.1) is 11.3 Å². The number of rotatable bonds is 2. The molecule has 11 heavy (non-hydrogen) atoms. The van der Waals surface area contributed by atoms with Gasteiger partial charge in [0.15, 0.2) is 0 Å². The van der Waals surface area contributed by atoms with Crippen LogP contribution < -0.4 is 0 Å². The van der Waals surface area contributed by atoms with Gasteiger partial charge in [0.1, 0.15) is 0 Å². The fraction of sp³-hybridized carbons (Fsp3) is 1.00. The molecule has 0 spiro atoms. The van der Waals surface area contributed by atoms with Gasteiger partial charge in [0.05, 0.1) is 0 Å². The summed E-state index contributed by atoms with van der Waals surface area (Å²) in [5.74, 6) is 0.894. The van der Waals surface area contributed by atoms with Gasteiger partial charge in [0, 0.05) is 0 Å². The largest absolute Gasteiger partial charge is 0.0683 e. The van der Waals surface area contributed by atoms with Crippen molar-refractivity contribution in [1.82, 2.24) is 0 Å². The van der Waals surface area contributed by atoms with E-state index in [0.717, 1.165) is 5.92 Å². The molecule has 0 aromatic heterocycles. The molecule has 0 saturated heterocycles. The third-order valence-corrected chi connectivity index (χ3v) is 1.66. The minimum absolute atomic E-state index is 0.523. The minimum Gasteiger partial charge on any atom is -0.0683 e. The highest BCUT2D eigenvalue weighted by Crippen LogP contribution is 2.25. The molecule has 1 atom stereocenters. The van der Waals surface area contributed by atoms with Crippen LogP contribution in [0.1, 0.15) is 61.3 Å². The molecule has 0 saturated carbocycles. The summed E-state index contributed by atoms with van der Waals surface area (Å²) in [5, 5.41) is 0. The predicted octanol–water partition coefficient (Wildman–Crippen LogP) is 4.49. The lowest BCUT2D eigenvalue weighted by molar-refractivity contribution is 0.302. The highest BCUT2D eigenvalue weighted by atomic mass is 14.2. The van der Waals surface area contributed by atoms with E-state index < -0.39 is 0 Å². The normalized spacial score (nSPS) is 13.4. The van der Waals surface area contributed by atoms with E-state index in [-0.39, 0.29) is 0 Å². The summed E-state index contributed by atoms with van der Waals surface area (Å²) >= 11 is 0. The second-order valence-corrected chi connectivity index (χ2v) is 4.28. The molecule has 0 aliphatic rings. The van der Waals surface area contributed by atoms with Crippen molar-refractivity contribution in [3.05, 3.63) is 0 Å². The molecular weight excluding hydrogens is 132 g/mol. The van der Waals surface area contributed by atoms with E-state index in [0.29, 0.717) is 5.41 Å². The monoisotopic (exact) mass is 158 g/mol. The van der Waals surface area contributed by atoms with Gasteiger partial charge < -0.3 is 0 Å². The molecule has 0 heterocycles. The summed E-state index contributed by atoms with van der Waals surface area (Å²) in [5.41, 5.74) is 0.523. The maximum atomic E-state index is 2.32. The molecular formula is C11H26. The standard InChI is InChI=1S/C9H20.C2H6/c1-6-8(2)7-9(3,4)5;1-2/h8H,6-7H2,1-5H3;1-2H3. The lowest BCUT2D eigenvalue weighted by atomic mass is 9.84. The Morgan fingerprint density at radius 2 is 1.45 bits per heavy atom. The zero-order valence-electron chi connectivity index (χ0n) is 9.49. The van der Waals surface area contributed by atoms with Crippen LogP contribution in [0.2, 0.25) is 0 Å². The lowest BCUT2D eigenvalue weighted by Gasteiger charge is -2.21. The third-order valence-electron chi connectivity index (χ3n) is 1.66. The summed E-state index contributed by atoms with van der Waals surface area (Å²) in [6.07, 6.45) is 2.67. The molecule has 0 heteroatoms. The van der Waals surface area contributed by atoms with Gasteiger partial charge in [-0.2, -0.15) is 0 Å². The van der Waals surface area contributed by atoms with E-state index in [1.807, 2.05) is 13.8 Å². The van der Waals surface area contributed by atoms with Crippen LogP contribution in [0.4, 0.5) is 0 Å². The van der Waals surface area contributed by atoms with Crippen molar-refractivity contribution in [3.8, 4) is 0 Å². The Kier molecular flexibility index (Phi) is 8.26. The summed E-state index contributed by atoms with van der Waals surface area (Å²) in [6, 6.07) is 0. The summed E-state index contributed by atoms with van der Waals surface area (Å²) in [7, 11) is 0. The van der Waals surface area contributed by atoms with Crippen molar-refractivity contribution in [1.29, 1.82) is 0 Å². The first-order valence-electron chi connectivity index (χ1n) is 4.95. The second kappa shape index (κ2) is 6.69. The Hall–Kier alpha value is 0. The summed E-state index contributed by atoms with van der Waals surface area (Å²) in [6.45, 7) is 15.5. The summed E-state index contributed by atoms with van der Waals surface area (Å²) in [4.78, 5) is 0. The van der Waals surface area contributed by atoms with Crippen LogP contribution in [0.3, 0.4) is 0 Å². The Morgan fingerprint density at radius 3 is 1.55 bits per heavy atom. The Balaban J connectivity index is 0. The molecule has 1 unspecified atom stereocenters. The highest BCUT2D eigenvalue weighted by molar-refractivity contribution is 4.64. The molecule has 0 aromatic rings. The minimum atomic E-state index is 0.523. The lowest BCUT2D eigenvalue weighted by Crippen LogP contribution is -2.09. The molecule has 0 rings (SSSR count). The van der Waals surface area contributed by atoms with Crippen LogP contribution >= 0.6 is 0 Å². The maximum Gasteiger partial charge on any atom is -0.0380 e. The van der Waals surface area contributed by atoms with Gasteiger partial charge in [-0.15, -0.1) is 0 Å². The van der Waals surface area contributed by atoms with Crippen molar-refractivity contribution >= 4 is 0 Å². The quantitative estimate of drug-likeness (QED) is 0.555. The van der Waals surface area contributed by atoms with Crippen LogP contribution in [0.15, 0.2) is 0 Å². The first-order chi connectivity index (χ1) is 4.95. The average molecular weight is 158 g/mol. The van der Waals surface area contributed by atoms with Crippen molar-refractivity contribution < 1.29 is 0 Å². The van der Waals surface area contributed by atoms with Crippen molar-refractivity contribution in [2.24, 2.45) is 11.3 Å². The Bertz CT molecular complexity index is 66.6. The highest BCUT2D eigenvalue weighted by Gasteiger charge is 2.13. The molecule has 0 aliphatic heterocycles. The van der Waals surface area contributed by atoms with Gasteiger partial charge in [0.2, 0.25) is 0 Å². The Morgan fingerprint density at radius 1 is 1.09 bits per heavy atom. The first-order valence-corrected chi connectivity index (χ1v) is 4.95. The number of hydrogen-bond donors (Lipinski definition) is 0. The van der Waals surface area contributed by atoms with E-state index in [9.17, 15) is 0 Å². The van der Waals surface area contributed by atoms with E-state index in [4.69, 9.17) is 0 Å². The smallest absolute Gasteiger partial charge is 0.0380 e. The molecule has 0 radical (unpaired) electrons. The van der Waals surface area contributed by atoms with Crippen LogP contribution in [0.5, 0.6) is 0 Å². The molecule has 0 aliphatic carbocycles. The summed E-state index contributed by atoms with van der Waals surface area (Å²) < 4.78 is 0. The average Bonchev–Trinajstić information content (AvgIpc) is 1.89. The third kappa shape index (κ3) is 13.1. The molecule has 0 nitrogen and oxygen atoms in total. The van der Waals surface area contributed by atoms with Gasteiger partial charge in [0.25, 0.3) is 0 Å².